The molecule has 1 aromatic carbocycles. The van der Waals surface area contributed by atoms with E-state index in [4.69, 9.17) is 0 Å². The quantitative estimate of drug-likeness (QED) is 0.800. The van der Waals surface area contributed by atoms with E-state index in [0.717, 1.165) is 40.6 Å². The van der Waals surface area contributed by atoms with Crippen LogP contribution in [0.4, 0.5) is 0 Å². The van der Waals surface area contributed by atoms with Gasteiger partial charge in [0.1, 0.15) is 0 Å². The van der Waals surface area contributed by atoms with Crippen LogP contribution in [-0.2, 0) is 0 Å². The Balaban J connectivity index is 2.01. The Morgan fingerprint density at radius 1 is 1.43 bits per heavy atom. The van der Waals surface area contributed by atoms with Crippen LogP contribution in [0.5, 0.6) is 0 Å². The lowest BCUT2D eigenvalue weighted by molar-refractivity contribution is 0.0671. The second kappa shape index (κ2) is 7.75. The van der Waals surface area contributed by atoms with Crippen molar-refractivity contribution in [1.82, 2.24) is 10.2 Å². The Labute approximate surface area is 143 Å². The van der Waals surface area contributed by atoms with E-state index in [-0.39, 0.29) is 5.91 Å². The number of benzene rings is 1. The van der Waals surface area contributed by atoms with Crippen molar-refractivity contribution in [1.29, 1.82) is 0 Å². The van der Waals surface area contributed by atoms with Crippen molar-refractivity contribution < 1.29 is 4.79 Å². The van der Waals surface area contributed by atoms with E-state index in [2.05, 4.69) is 51.0 Å². The van der Waals surface area contributed by atoms with Crippen molar-refractivity contribution in [3.8, 4) is 0 Å². The first-order valence-corrected chi connectivity index (χ1v) is 9.03. The van der Waals surface area contributed by atoms with Crippen LogP contribution in [0.25, 0.3) is 0 Å². The third kappa shape index (κ3) is 4.80. The lowest BCUT2D eigenvalue weighted by atomic mass is 9.97. The molecular weight excluding hydrogens is 396 g/mol. The number of hydrogen-bond donors (Lipinski definition) is 1. The van der Waals surface area contributed by atoms with Gasteiger partial charge >= 0.3 is 0 Å². The highest BCUT2D eigenvalue weighted by Crippen LogP contribution is 2.25. The first-order valence-electron chi connectivity index (χ1n) is 7.45. The maximum absolute atomic E-state index is 12.7. The molecule has 0 spiro atoms. The molecule has 0 aromatic heterocycles. The van der Waals surface area contributed by atoms with Crippen molar-refractivity contribution in [2.75, 3.05) is 19.6 Å². The number of nitrogens with zero attached hydrogens (tertiary/aromatic N) is 1. The topological polar surface area (TPSA) is 32.3 Å². The van der Waals surface area contributed by atoms with Gasteiger partial charge in [0, 0.05) is 28.1 Å². The lowest BCUT2D eigenvalue weighted by Gasteiger charge is -2.33. The second-order valence-corrected chi connectivity index (χ2v) is 7.72. The summed E-state index contributed by atoms with van der Waals surface area (Å²) >= 11 is 6.91. The largest absolute Gasteiger partial charge is 0.338 e. The molecule has 0 bridgehead atoms. The number of rotatable bonds is 4. The van der Waals surface area contributed by atoms with Gasteiger partial charge in [-0.2, -0.15) is 0 Å². The highest BCUT2D eigenvalue weighted by molar-refractivity contribution is 9.11. The van der Waals surface area contributed by atoms with Gasteiger partial charge in [0.15, 0.2) is 0 Å². The molecule has 1 N–H and O–H groups in total. The molecular formula is C16H22Br2N2O. The van der Waals surface area contributed by atoms with Crippen LogP contribution in [0, 0.1) is 5.92 Å². The molecule has 116 valence electrons. The highest BCUT2D eigenvalue weighted by atomic mass is 79.9. The van der Waals surface area contributed by atoms with Crippen molar-refractivity contribution in [2.45, 2.75) is 32.7 Å². The van der Waals surface area contributed by atoms with Crippen molar-refractivity contribution in [3.05, 3.63) is 32.7 Å². The Bertz CT molecular complexity index is 505. The molecule has 1 aliphatic rings. The summed E-state index contributed by atoms with van der Waals surface area (Å²) in [4.78, 5) is 14.7. The third-order valence-electron chi connectivity index (χ3n) is 3.78. The molecule has 0 radical (unpaired) electrons. The molecule has 3 nitrogen and oxygen atoms in total. The molecule has 1 atom stereocenters. The summed E-state index contributed by atoms with van der Waals surface area (Å²) in [6, 6.07) is 6.22. The summed E-state index contributed by atoms with van der Waals surface area (Å²) in [5.41, 5.74) is 0.746. The van der Waals surface area contributed by atoms with Crippen molar-refractivity contribution in [3.63, 3.8) is 0 Å². The minimum atomic E-state index is 0.128. The lowest BCUT2D eigenvalue weighted by Crippen LogP contribution is -2.43. The van der Waals surface area contributed by atoms with Crippen LogP contribution >= 0.6 is 31.9 Å². The summed E-state index contributed by atoms with van der Waals surface area (Å²) in [7, 11) is 0. The summed E-state index contributed by atoms with van der Waals surface area (Å²) in [5, 5.41) is 3.48. The van der Waals surface area contributed by atoms with E-state index in [1.165, 1.54) is 6.42 Å². The van der Waals surface area contributed by atoms with Crippen LogP contribution in [0.2, 0.25) is 0 Å². The molecule has 1 amide bonds. The summed E-state index contributed by atoms with van der Waals surface area (Å²) < 4.78 is 1.83. The van der Waals surface area contributed by atoms with Gasteiger partial charge in [-0.25, -0.2) is 0 Å². The number of amides is 1. The minimum absolute atomic E-state index is 0.128. The monoisotopic (exact) mass is 416 g/mol. The average molecular weight is 418 g/mol. The fraction of sp³-hybridized carbons (Fsp3) is 0.562. The van der Waals surface area contributed by atoms with Gasteiger partial charge in [0.25, 0.3) is 5.91 Å². The normalized spacial score (nSPS) is 19.1. The van der Waals surface area contributed by atoms with Crippen molar-refractivity contribution >= 4 is 37.8 Å². The van der Waals surface area contributed by atoms with Gasteiger partial charge in [-0.05, 0) is 59.4 Å². The first-order chi connectivity index (χ1) is 9.97. The molecule has 1 heterocycles. The molecule has 1 saturated heterocycles. The van der Waals surface area contributed by atoms with E-state index in [1.807, 2.05) is 23.1 Å². The zero-order chi connectivity index (χ0) is 15.4. The SMILES string of the molecule is CC(C)NCC1CCCN(C(=O)c2ccc(Br)cc2Br)C1. The molecule has 1 fully saturated rings. The van der Waals surface area contributed by atoms with Crippen LogP contribution in [-0.4, -0.2) is 36.5 Å². The van der Waals surface area contributed by atoms with Gasteiger partial charge in [-0.1, -0.05) is 29.8 Å². The number of carbonyl (C=O) groups excluding carboxylic acids is 1. The number of hydrogen-bond acceptors (Lipinski definition) is 2. The van der Waals surface area contributed by atoms with Crippen LogP contribution in [0.3, 0.4) is 0 Å². The molecule has 1 aromatic rings. The Morgan fingerprint density at radius 3 is 2.86 bits per heavy atom. The van der Waals surface area contributed by atoms with Gasteiger partial charge in [0.05, 0.1) is 5.56 Å². The molecule has 2 rings (SSSR count). The number of carbonyl (C=O) groups is 1. The maximum Gasteiger partial charge on any atom is 0.255 e. The Morgan fingerprint density at radius 2 is 2.19 bits per heavy atom. The summed E-state index contributed by atoms with van der Waals surface area (Å²) in [6.45, 7) is 7.01. The highest BCUT2D eigenvalue weighted by Gasteiger charge is 2.25. The summed E-state index contributed by atoms with van der Waals surface area (Å²) in [5.74, 6) is 0.683. The van der Waals surface area contributed by atoms with Gasteiger partial charge in [0.2, 0.25) is 0 Å². The van der Waals surface area contributed by atoms with E-state index in [1.54, 1.807) is 0 Å². The number of halogens is 2. The zero-order valence-electron chi connectivity index (χ0n) is 12.5. The number of nitrogens with one attached hydrogen (secondary N) is 1. The minimum Gasteiger partial charge on any atom is -0.338 e. The molecule has 1 unspecified atom stereocenters. The van der Waals surface area contributed by atoms with Crippen LogP contribution < -0.4 is 5.32 Å². The fourth-order valence-corrected chi connectivity index (χ4v) is 3.87. The second-order valence-electron chi connectivity index (χ2n) is 5.95. The Hall–Kier alpha value is -0.390. The number of likely N-dealkylation sites (tertiary alicyclic amines) is 1. The zero-order valence-corrected chi connectivity index (χ0v) is 15.7. The molecule has 1 aliphatic heterocycles. The molecule has 0 aliphatic carbocycles. The van der Waals surface area contributed by atoms with E-state index in [0.29, 0.717) is 12.0 Å². The average Bonchev–Trinajstić information content (AvgIpc) is 2.45. The van der Waals surface area contributed by atoms with Gasteiger partial charge in [-0.3, -0.25) is 4.79 Å². The molecule has 21 heavy (non-hydrogen) atoms. The smallest absolute Gasteiger partial charge is 0.255 e. The maximum atomic E-state index is 12.7. The fourth-order valence-electron chi connectivity index (χ4n) is 2.65. The predicted molar refractivity (Wildman–Crippen MR) is 93.6 cm³/mol. The summed E-state index contributed by atoms with van der Waals surface area (Å²) in [6.07, 6.45) is 2.29. The number of piperidine rings is 1. The Kier molecular flexibility index (Phi) is 6.26. The van der Waals surface area contributed by atoms with Crippen LogP contribution in [0.15, 0.2) is 27.1 Å². The van der Waals surface area contributed by atoms with Gasteiger partial charge in [-0.15, -0.1) is 0 Å². The van der Waals surface area contributed by atoms with Crippen LogP contribution in [0.1, 0.15) is 37.0 Å². The van der Waals surface area contributed by atoms with E-state index >= 15 is 0 Å². The standard InChI is InChI=1S/C16H22Br2N2O/c1-11(2)19-9-12-4-3-7-20(10-12)16(21)14-6-5-13(17)8-15(14)18/h5-6,8,11-12,19H,3-4,7,9-10H2,1-2H3. The molecule has 5 heteroatoms. The van der Waals surface area contributed by atoms with Gasteiger partial charge < -0.3 is 10.2 Å². The third-order valence-corrected chi connectivity index (χ3v) is 4.93. The van der Waals surface area contributed by atoms with Crippen molar-refractivity contribution in [2.24, 2.45) is 5.92 Å². The predicted octanol–water partition coefficient (Wildman–Crippen LogP) is 4.06. The van der Waals surface area contributed by atoms with E-state index in [9.17, 15) is 4.79 Å². The van der Waals surface area contributed by atoms with E-state index < -0.39 is 0 Å². The first kappa shape index (κ1) is 17.0. The molecule has 0 saturated carbocycles.